The normalized spacial score (nSPS) is 12.9. The molecule has 80 valence electrons. The molecule has 2 aromatic heterocycles. The zero-order valence-electron chi connectivity index (χ0n) is 8.46. The van der Waals surface area contributed by atoms with Crippen LogP contribution in [0.15, 0.2) is 18.6 Å². The van der Waals surface area contributed by atoms with Crippen molar-refractivity contribution >= 4 is 0 Å². The summed E-state index contributed by atoms with van der Waals surface area (Å²) in [4.78, 5) is 0. The Hall–Kier alpha value is -1.69. The summed E-state index contributed by atoms with van der Waals surface area (Å²) >= 11 is 0. The van der Waals surface area contributed by atoms with Gasteiger partial charge in [-0.3, -0.25) is 4.68 Å². The Bertz CT molecular complexity index is 408. The Balaban J connectivity index is 1.88. The van der Waals surface area contributed by atoms with Crippen LogP contribution in [0.2, 0.25) is 0 Å². The third-order valence-corrected chi connectivity index (χ3v) is 2.24. The van der Waals surface area contributed by atoms with E-state index in [0.29, 0.717) is 12.1 Å². The van der Waals surface area contributed by atoms with Crippen LogP contribution in [0.3, 0.4) is 0 Å². The minimum atomic E-state index is -0.566. The van der Waals surface area contributed by atoms with Crippen LogP contribution < -0.4 is 0 Å². The lowest BCUT2D eigenvalue weighted by Crippen LogP contribution is -1.99. The number of H-pyrrole nitrogens is 1. The lowest BCUT2D eigenvalue weighted by molar-refractivity contribution is 0.163. The van der Waals surface area contributed by atoms with E-state index in [0.717, 1.165) is 12.0 Å². The van der Waals surface area contributed by atoms with E-state index >= 15 is 0 Å². The molecule has 0 aliphatic rings. The van der Waals surface area contributed by atoms with Crippen LogP contribution in [0.1, 0.15) is 23.8 Å². The molecule has 2 heterocycles. The third-order valence-electron chi connectivity index (χ3n) is 2.24. The minimum absolute atomic E-state index is 0.566. The van der Waals surface area contributed by atoms with Crippen LogP contribution >= 0.6 is 0 Å². The molecule has 0 saturated carbocycles. The number of aromatic amines is 1. The third kappa shape index (κ3) is 2.41. The van der Waals surface area contributed by atoms with Gasteiger partial charge in [-0.05, 0) is 18.4 Å². The second kappa shape index (κ2) is 4.22. The van der Waals surface area contributed by atoms with Gasteiger partial charge in [0.1, 0.15) is 5.69 Å². The van der Waals surface area contributed by atoms with Gasteiger partial charge in [-0.25, -0.2) is 0 Å². The van der Waals surface area contributed by atoms with Gasteiger partial charge in [-0.1, -0.05) is 0 Å². The fourth-order valence-electron chi connectivity index (χ4n) is 1.42. The fourth-order valence-corrected chi connectivity index (χ4v) is 1.42. The first kappa shape index (κ1) is 9.85. The van der Waals surface area contributed by atoms with Gasteiger partial charge in [-0.2, -0.15) is 20.5 Å². The van der Waals surface area contributed by atoms with E-state index in [1.54, 1.807) is 10.9 Å². The maximum atomic E-state index is 9.73. The van der Waals surface area contributed by atoms with Crippen molar-refractivity contribution in [1.82, 2.24) is 25.2 Å². The molecular formula is C9H13N5O. The van der Waals surface area contributed by atoms with Crippen LogP contribution in [0, 0.1) is 0 Å². The van der Waals surface area contributed by atoms with Crippen molar-refractivity contribution in [3.05, 3.63) is 29.8 Å². The molecule has 0 spiro atoms. The summed E-state index contributed by atoms with van der Waals surface area (Å²) in [5.41, 5.74) is 1.69. The number of aliphatic hydroxyl groups is 1. The number of hydrogen-bond donors (Lipinski definition) is 2. The van der Waals surface area contributed by atoms with Crippen LogP contribution in [0.5, 0.6) is 0 Å². The second-order valence-electron chi connectivity index (χ2n) is 3.47. The summed E-state index contributed by atoms with van der Waals surface area (Å²) in [6.45, 7) is 0. The topological polar surface area (TPSA) is 79.6 Å². The molecule has 0 amide bonds. The minimum Gasteiger partial charge on any atom is -0.387 e. The van der Waals surface area contributed by atoms with Crippen molar-refractivity contribution in [2.45, 2.75) is 18.9 Å². The first-order valence-electron chi connectivity index (χ1n) is 4.77. The highest BCUT2D eigenvalue weighted by molar-refractivity contribution is 5.05. The average molecular weight is 207 g/mol. The molecule has 6 heteroatoms. The molecule has 0 aliphatic carbocycles. The van der Waals surface area contributed by atoms with Crippen molar-refractivity contribution < 1.29 is 5.11 Å². The molecule has 6 nitrogen and oxygen atoms in total. The van der Waals surface area contributed by atoms with Crippen molar-refractivity contribution in [2.24, 2.45) is 7.05 Å². The van der Waals surface area contributed by atoms with Gasteiger partial charge in [-0.15, -0.1) is 0 Å². The van der Waals surface area contributed by atoms with Crippen molar-refractivity contribution in [1.29, 1.82) is 0 Å². The SMILES string of the molecule is Cn1cc(CCC(O)c2cn[nH]n2)cn1. The lowest BCUT2D eigenvalue weighted by atomic mass is 10.1. The zero-order valence-corrected chi connectivity index (χ0v) is 8.46. The molecular weight excluding hydrogens is 194 g/mol. The fraction of sp³-hybridized carbons (Fsp3) is 0.444. The average Bonchev–Trinajstić information content (AvgIpc) is 2.84. The Morgan fingerprint density at radius 1 is 1.53 bits per heavy atom. The van der Waals surface area contributed by atoms with Crippen LogP contribution in [-0.4, -0.2) is 30.3 Å². The second-order valence-corrected chi connectivity index (χ2v) is 3.47. The highest BCUT2D eigenvalue weighted by Gasteiger charge is 2.10. The van der Waals surface area contributed by atoms with E-state index in [9.17, 15) is 5.11 Å². The molecule has 0 aromatic carbocycles. The highest BCUT2D eigenvalue weighted by atomic mass is 16.3. The molecule has 1 unspecified atom stereocenters. The smallest absolute Gasteiger partial charge is 0.111 e. The highest BCUT2D eigenvalue weighted by Crippen LogP contribution is 2.15. The molecule has 0 radical (unpaired) electrons. The first-order chi connectivity index (χ1) is 7.25. The number of nitrogens with zero attached hydrogens (tertiary/aromatic N) is 4. The van der Waals surface area contributed by atoms with Crippen molar-refractivity contribution in [3.63, 3.8) is 0 Å². The maximum Gasteiger partial charge on any atom is 0.111 e. The van der Waals surface area contributed by atoms with Crippen molar-refractivity contribution in [2.75, 3.05) is 0 Å². The lowest BCUT2D eigenvalue weighted by Gasteiger charge is -2.04. The van der Waals surface area contributed by atoms with E-state index in [-0.39, 0.29) is 0 Å². The van der Waals surface area contributed by atoms with E-state index < -0.39 is 6.10 Å². The Morgan fingerprint density at radius 3 is 3.00 bits per heavy atom. The number of nitrogens with one attached hydrogen (secondary N) is 1. The largest absolute Gasteiger partial charge is 0.387 e. The molecule has 2 N–H and O–H groups in total. The molecule has 15 heavy (non-hydrogen) atoms. The number of hydrogen-bond acceptors (Lipinski definition) is 4. The molecule has 2 aromatic rings. The Labute approximate surface area is 86.9 Å². The number of aliphatic hydroxyl groups excluding tert-OH is 1. The van der Waals surface area contributed by atoms with E-state index in [2.05, 4.69) is 20.5 Å². The molecule has 0 saturated heterocycles. The quantitative estimate of drug-likeness (QED) is 0.750. The molecule has 0 fully saturated rings. The van der Waals surface area contributed by atoms with Crippen molar-refractivity contribution in [3.8, 4) is 0 Å². The molecule has 2 rings (SSSR count). The standard InChI is InChI=1S/C9H13N5O/c1-14-6-7(4-11-14)2-3-9(15)8-5-10-13-12-8/h4-6,9,15H,2-3H2,1H3,(H,10,12,13). The number of rotatable bonds is 4. The Morgan fingerprint density at radius 2 is 2.40 bits per heavy atom. The summed E-state index contributed by atoms with van der Waals surface area (Å²) in [5.74, 6) is 0. The maximum absolute atomic E-state index is 9.73. The molecule has 0 aliphatic heterocycles. The van der Waals surface area contributed by atoms with Crippen LogP contribution in [-0.2, 0) is 13.5 Å². The number of aromatic nitrogens is 5. The van der Waals surface area contributed by atoms with Gasteiger partial charge in [0.05, 0.1) is 18.5 Å². The van der Waals surface area contributed by atoms with Gasteiger partial charge in [0.2, 0.25) is 0 Å². The summed E-state index contributed by atoms with van der Waals surface area (Å²) in [7, 11) is 1.87. The summed E-state index contributed by atoms with van der Waals surface area (Å²) in [6.07, 6.45) is 6.11. The van der Waals surface area contributed by atoms with Gasteiger partial charge < -0.3 is 5.11 Å². The van der Waals surface area contributed by atoms with Gasteiger partial charge in [0.15, 0.2) is 0 Å². The van der Waals surface area contributed by atoms with Gasteiger partial charge in [0, 0.05) is 13.2 Å². The Kier molecular flexibility index (Phi) is 2.77. The van der Waals surface area contributed by atoms with E-state index in [1.165, 1.54) is 6.20 Å². The van der Waals surface area contributed by atoms with Crippen LogP contribution in [0.25, 0.3) is 0 Å². The predicted molar refractivity (Wildman–Crippen MR) is 52.9 cm³/mol. The zero-order chi connectivity index (χ0) is 10.7. The summed E-state index contributed by atoms with van der Waals surface area (Å²) in [6, 6.07) is 0. The van der Waals surface area contributed by atoms with Crippen LogP contribution in [0.4, 0.5) is 0 Å². The molecule has 0 bridgehead atoms. The first-order valence-corrected chi connectivity index (χ1v) is 4.77. The number of aryl methyl sites for hydroxylation is 2. The summed E-state index contributed by atoms with van der Waals surface area (Å²) < 4.78 is 1.75. The molecule has 1 atom stereocenters. The monoisotopic (exact) mass is 207 g/mol. The predicted octanol–water partition coefficient (Wildman–Crippen LogP) is 0.204. The van der Waals surface area contributed by atoms with E-state index in [4.69, 9.17) is 0 Å². The van der Waals surface area contributed by atoms with Gasteiger partial charge >= 0.3 is 0 Å². The van der Waals surface area contributed by atoms with Gasteiger partial charge in [0.25, 0.3) is 0 Å². The van der Waals surface area contributed by atoms with E-state index in [1.807, 2.05) is 13.2 Å². The summed E-state index contributed by atoms with van der Waals surface area (Å²) in [5, 5.41) is 23.7.